The number of hydrogen-bond donors (Lipinski definition) is 1. The molecular formula is C39H55N7O2Si. The van der Waals surface area contributed by atoms with E-state index in [1.165, 1.54) is 41.6 Å². The van der Waals surface area contributed by atoms with Gasteiger partial charge in [-0.3, -0.25) is 9.58 Å². The molecule has 0 amide bonds. The average Bonchev–Trinajstić information content (AvgIpc) is 3.81. The molecule has 3 fully saturated rings. The SMILES string of the molecule is CNn1c(CO[Si](c2ccccc2)(c2ccccc2)C(C)(C)C)nnc1C1CCC(c2cnn(C3CCC(N4CCOCC4)CC3)c2)CC1. The van der Waals surface area contributed by atoms with Crippen molar-refractivity contribution < 1.29 is 9.16 Å². The Hall–Kier alpha value is -3.31. The Morgan fingerprint density at radius 3 is 1.98 bits per heavy atom. The van der Waals surface area contributed by atoms with Gasteiger partial charge in [-0.15, -0.1) is 10.2 Å². The summed E-state index contributed by atoms with van der Waals surface area (Å²) < 4.78 is 17.2. The van der Waals surface area contributed by atoms with Crippen molar-refractivity contribution in [3.8, 4) is 0 Å². The summed E-state index contributed by atoms with van der Waals surface area (Å²) in [6.07, 6.45) is 14.0. The Bertz CT molecular complexity index is 1570. The second kappa shape index (κ2) is 14.9. The predicted molar refractivity (Wildman–Crippen MR) is 198 cm³/mol. The Kier molecular flexibility index (Phi) is 10.4. The molecular weight excluding hydrogens is 627 g/mol. The zero-order valence-electron chi connectivity index (χ0n) is 29.9. The van der Waals surface area contributed by atoms with Crippen molar-refractivity contribution in [3.05, 3.63) is 90.3 Å². The molecule has 0 bridgehead atoms. The van der Waals surface area contributed by atoms with Gasteiger partial charge < -0.3 is 14.6 Å². The number of morpholine rings is 1. The van der Waals surface area contributed by atoms with Crippen LogP contribution in [0.4, 0.5) is 0 Å². The van der Waals surface area contributed by atoms with Crippen molar-refractivity contribution in [2.45, 2.75) is 108 Å². The summed E-state index contributed by atoms with van der Waals surface area (Å²) in [5, 5.41) is 16.8. The lowest BCUT2D eigenvalue weighted by Crippen LogP contribution is -2.66. The molecule has 0 unspecified atom stereocenters. The molecule has 0 atom stereocenters. The molecule has 2 aliphatic carbocycles. The largest absolute Gasteiger partial charge is 0.400 e. The van der Waals surface area contributed by atoms with E-state index in [4.69, 9.17) is 24.5 Å². The van der Waals surface area contributed by atoms with Crippen molar-refractivity contribution in [1.29, 1.82) is 0 Å². The Morgan fingerprint density at radius 2 is 1.39 bits per heavy atom. The molecule has 1 aliphatic heterocycles. The number of nitrogens with zero attached hydrogens (tertiary/aromatic N) is 6. The van der Waals surface area contributed by atoms with Gasteiger partial charge in [0.25, 0.3) is 8.32 Å². The van der Waals surface area contributed by atoms with E-state index in [0.717, 1.165) is 63.6 Å². The van der Waals surface area contributed by atoms with E-state index in [-0.39, 0.29) is 5.04 Å². The molecule has 9 nitrogen and oxygen atoms in total. The first-order chi connectivity index (χ1) is 23.9. The second-order valence-corrected chi connectivity index (χ2v) is 19.7. The summed E-state index contributed by atoms with van der Waals surface area (Å²) in [6, 6.07) is 22.9. The van der Waals surface area contributed by atoms with Crippen LogP contribution in [0.5, 0.6) is 0 Å². The number of ether oxygens (including phenoxy) is 1. The lowest BCUT2D eigenvalue weighted by Gasteiger charge is -2.42. The maximum atomic E-state index is 7.22. The molecule has 0 spiro atoms. The highest BCUT2D eigenvalue weighted by atomic mass is 28.4. The number of nitrogens with one attached hydrogen (secondary N) is 1. The summed E-state index contributed by atoms with van der Waals surface area (Å²) in [6.45, 7) is 11.3. The molecule has 2 aromatic heterocycles. The molecule has 2 saturated carbocycles. The summed E-state index contributed by atoms with van der Waals surface area (Å²) in [5.41, 5.74) is 4.81. The van der Waals surface area contributed by atoms with Crippen LogP contribution in [-0.4, -0.2) is 77.3 Å². The highest BCUT2D eigenvalue weighted by Crippen LogP contribution is 2.41. The molecule has 3 aliphatic rings. The van der Waals surface area contributed by atoms with Gasteiger partial charge in [0, 0.05) is 38.3 Å². The van der Waals surface area contributed by atoms with Gasteiger partial charge in [-0.2, -0.15) is 5.10 Å². The Morgan fingerprint density at radius 1 is 0.796 bits per heavy atom. The molecule has 10 heteroatoms. The van der Waals surface area contributed by atoms with Crippen molar-refractivity contribution in [2.75, 3.05) is 38.8 Å². The summed E-state index contributed by atoms with van der Waals surface area (Å²) >= 11 is 0. The van der Waals surface area contributed by atoms with Crippen LogP contribution in [0, 0.1) is 0 Å². The van der Waals surface area contributed by atoms with Gasteiger partial charge in [0.05, 0.1) is 32.1 Å². The maximum absolute atomic E-state index is 7.22. The van der Waals surface area contributed by atoms with Crippen molar-refractivity contribution in [1.82, 2.24) is 29.6 Å². The highest BCUT2D eigenvalue weighted by molar-refractivity contribution is 6.99. The van der Waals surface area contributed by atoms with E-state index in [0.29, 0.717) is 30.5 Å². The quantitative estimate of drug-likeness (QED) is 0.206. The number of benzene rings is 2. The molecule has 262 valence electrons. The Labute approximate surface area is 293 Å². The minimum atomic E-state index is -2.69. The molecule has 0 radical (unpaired) electrons. The molecule has 1 saturated heterocycles. The monoisotopic (exact) mass is 681 g/mol. The molecule has 7 rings (SSSR count). The third-order valence-corrected chi connectivity index (χ3v) is 16.6. The van der Waals surface area contributed by atoms with Gasteiger partial charge in [-0.1, -0.05) is 81.4 Å². The van der Waals surface area contributed by atoms with Gasteiger partial charge >= 0.3 is 0 Å². The second-order valence-electron chi connectivity index (χ2n) is 15.4. The van der Waals surface area contributed by atoms with Crippen LogP contribution in [-0.2, 0) is 15.8 Å². The van der Waals surface area contributed by atoms with Gasteiger partial charge in [0.2, 0.25) is 0 Å². The summed E-state index contributed by atoms with van der Waals surface area (Å²) in [5.74, 6) is 2.77. The molecule has 2 aromatic carbocycles. The van der Waals surface area contributed by atoms with Gasteiger partial charge in [-0.05, 0) is 78.3 Å². The van der Waals surface area contributed by atoms with Crippen LogP contribution in [0.2, 0.25) is 5.04 Å². The van der Waals surface area contributed by atoms with Crippen LogP contribution in [0.15, 0.2) is 73.1 Å². The minimum Gasteiger partial charge on any atom is -0.400 e. The first-order valence-corrected chi connectivity index (χ1v) is 20.5. The first-order valence-electron chi connectivity index (χ1n) is 18.6. The van der Waals surface area contributed by atoms with Crippen molar-refractivity contribution in [2.24, 2.45) is 0 Å². The summed E-state index contributed by atoms with van der Waals surface area (Å²) in [4.78, 5) is 2.65. The number of rotatable bonds is 10. The molecule has 4 aromatic rings. The minimum absolute atomic E-state index is 0.0997. The van der Waals surface area contributed by atoms with E-state index in [2.05, 4.69) is 114 Å². The first kappa shape index (κ1) is 34.2. The normalized spacial score (nSPS) is 24.2. The van der Waals surface area contributed by atoms with Crippen LogP contribution >= 0.6 is 0 Å². The average molecular weight is 682 g/mol. The fourth-order valence-corrected chi connectivity index (χ4v) is 13.4. The van der Waals surface area contributed by atoms with Crippen LogP contribution in [0.3, 0.4) is 0 Å². The van der Waals surface area contributed by atoms with Gasteiger partial charge in [-0.25, -0.2) is 4.68 Å². The van der Waals surface area contributed by atoms with E-state index in [1.807, 2.05) is 7.05 Å². The molecule has 49 heavy (non-hydrogen) atoms. The third kappa shape index (κ3) is 7.02. The fourth-order valence-electron chi connectivity index (χ4n) is 8.94. The van der Waals surface area contributed by atoms with E-state index < -0.39 is 8.32 Å². The van der Waals surface area contributed by atoms with Crippen molar-refractivity contribution >= 4 is 18.7 Å². The lowest BCUT2D eigenvalue weighted by molar-refractivity contribution is 0.00506. The predicted octanol–water partition coefficient (Wildman–Crippen LogP) is 5.98. The molecule has 3 heterocycles. The highest BCUT2D eigenvalue weighted by Gasteiger charge is 2.50. The number of aromatic nitrogens is 5. The van der Waals surface area contributed by atoms with Crippen LogP contribution in [0.1, 0.15) is 107 Å². The molecule has 1 N–H and O–H groups in total. The summed E-state index contributed by atoms with van der Waals surface area (Å²) in [7, 11) is -0.725. The number of hydrogen-bond acceptors (Lipinski definition) is 7. The topological polar surface area (TPSA) is 82.3 Å². The van der Waals surface area contributed by atoms with Crippen LogP contribution < -0.4 is 15.8 Å². The smallest absolute Gasteiger partial charge is 0.261 e. The zero-order valence-corrected chi connectivity index (χ0v) is 30.9. The Balaban J connectivity index is 1.00. The standard InChI is InChI=1S/C39H55N7O2Si/c1-39(2,3)49(35-11-7-5-8-12-35,36-13-9-6-10-14-36)48-29-37-42-43-38(46(37)40-4)31-17-15-30(16-18-31)32-27-41-45(28-32)34-21-19-33(20-22-34)44-23-25-47-26-24-44/h5-14,27-28,30-31,33-34,40H,15-26,29H2,1-4H3. The fraction of sp³-hybridized carbons (Fsp3) is 0.564. The van der Waals surface area contributed by atoms with E-state index in [1.54, 1.807) is 0 Å². The third-order valence-electron chi connectivity index (χ3n) is 11.6. The van der Waals surface area contributed by atoms with Gasteiger partial charge in [0.15, 0.2) is 11.6 Å². The maximum Gasteiger partial charge on any atom is 0.261 e. The van der Waals surface area contributed by atoms with Crippen molar-refractivity contribution in [3.63, 3.8) is 0 Å². The van der Waals surface area contributed by atoms with E-state index in [9.17, 15) is 0 Å². The van der Waals surface area contributed by atoms with Gasteiger partial charge in [0.1, 0.15) is 0 Å². The lowest BCUT2D eigenvalue weighted by atomic mass is 9.79. The van der Waals surface area contributed by atoms with Crippen LogP contribution in [0.25, 0.3) is 0 Å². The zero-order chi connectivity index (χ0) is 33.8. The van der Waals surface area contributed by atoms with E-state index >= 15 is 0 Å².